The maximum Gasteiger partial charge on any atom is 0.299 e. The van der Waals surface area contributed by atoms with E-state index < -0.39 is 0 Å². The third-order valence-corrected chi connectivity index (χ3v) is 3.59. The number of unbranched alkanes of at least 4 members (excludes halogenated alkanes) is 2. The molecule has 1 aromatic carbocycles. The number of Topliss-reactive ketones (excluding diaryl/α,β-unsaturated/α-hetero) is 1. The summed E-state index contributed by atoms with van der Waals surface area (Å²) in [6.07, 6.45) is 3.13. The van der Waals surface area contributed by atoms with E-state index in [1.54, 1.807) is 11.0 Å². The normalized spacial score (nSPS) is 14.4. The molecular weight excluding hydrogens is 329 g/mol. The number of carbonyl (C=O) groups excluding carboxylic acids is 2. The number of anilines is 1. The van der Waals surface area contributed by atoms with Crippen LogP contribution in [-0.2, 0) is 4.79 Å². The molecule has 0 radical (unpaired) electrons. The van der Waals surface area contributed by atoms with E-state index in [1.165, 1.54) is 0 Å². The summed E-state index contributed by atoms with van der Waals surface area (Å²) in [4.78, 5) is 25.3. The third-order valence-electron chi connectivity index (χ3n) is 2.92. The first-order valence-corrected chi connectivity index (χ1v) is 6.88. The van der Waals surface area contributed by atoms with Gasteiger partial charge in [-0.3, -0.25) is 9.59 Å². The molecule has 0 unspecified atom stereocenters. The number of hydrogen-bond acceptors (Lipinski definition) is 2. The first-order chi connectivity index (χ1) is 8.15. The molecule has 0 N–H and O–H groups in total. The Hall–Kier alpha value is -0.910. The van der Waals surface area contributed by atoms with Gasteiger partial charge in [0, 0.05) is 10.1 Å². The molecule has 0 saturated heterocycles. The maximum atomic E-state index is 11.8. The van der Waals surface area contributed by atoms with Crippen molar-refractivity contribution >= 4 is 40.0 Å². The van der Waals surface area contributed by atoms with Gasteiger partial charge in [-0.1, -0.05) is 19.8 Å². The summed E-state index contributed by atoms with van der Waals surface area (Å²) in [5.41, 5.74) is 1.33. The Morgan fingerprint density at radius 2 is 2.00 bits per heavy atom. The van der Waals surface area contributed by atoms with Crippen LogP contribution in [0.15, 0.2) is 18.2 Å². The van der Waals surface area contributed by atoms with Crippen molar-refractivity contribution in [1.29, 1.82) is 0 Å². The minimum atomic E-state index is -0.377. The second-order valence-electron chi connectivity index (χ2n) is 4.15. The number of ketones is 1. The lowest BCUT2D eigenvalue weighted by Gasteiger charge is -2.15. The second-order valence-corrected chi connectivity index (χ2v) is 5.40. The Morgan fingerprint density at radius 3 is 2.71 bits per heavy atom. The zero-order valence-corrected chi connectivity index (χ0v) is 11.9. The number of carbonyl (C=O) groups is 2. The van der Waals surface area contributed by atoms with Crippen molar-refractivity contribution in [2.75, 3.05) is 11.4 Å². The maximum absolute atomic E-state index is 11.8. The predicted octanol–water partition coefficient (Wildman–Crippen LogP) is 3.01. The molecule has 3 nitrogen and oxygen atoms in total. The highest BCUT2D eigenvalue weighted by Gasteiger charge is 2.35. The smallest absolute Gasteiger partial charge is 0.299 e. The zero-order chi connectivity index (χ0) is 12.4. The van der Waals surface area contributed by atoms with Crippen molar-refractivity contribution in [3.63, 3.8) is 0 Å². The van der Waals surface area contributed by atoms with Crippen LogP contribution in [0.2, 0.25) is 0 Å². The van der Waals surface area contributed by atoms with Crippen LogP contribution in [0.1, 0.15) is 36.5 Å². The van der Waals surface area contributed by atoms with Crippen molar-refractivity contribution in [2.24, 2.45) is 0 Å². The fourth-order valence-corrected chi connectivity index (χ4v) is 2.51. The molecule has 0 saturated carbocycles. The molecule has 1 heterocycles. The van der Waals surface area contributed by atoms with E-state index in [-0.39, 0.29) is 11.7 Å². The Morgan fingerprint density at radius 1 is 1.24 bits per heavy atom. The minimum Gasteiger partial charge on any atom is -0.305 e. The molecule has 0 aromatic heterocycles. The van der Waals surface area contributed by atoms with Gasteiger partial charge in [0.1, 0.15) is 0 Å². The van der Waals surface area contributed by atoms with Crippen LogP contribution in [0.25, 0.3) is 0 Å². The Labute approximate surface area is 114 Å². The second kappa shape index (κ2) is 5.16. The van der Waals surface area contributed by atoms with Gasteiger partial charge in [-0.25, -0.2) is 0 Å². The number of amides is 1. The van der Waals surface area contributed by atoms with Gasteiger partial charge >= 0.3 is 0 Å². The summed E-state index contributed by atoms with van der Waals surface area (Å²) >= 11 is 2.15. The SMILES string of the molecule is CCCCCN1C(=O)C(=O)c2cc(I)ccc21. The molecule has 0 aliphatic carbocycles. The topological polar surface area (TPSA) is 37.4 Å². The lowest BCUT2D eigenvalue weighted by atomic mass is 10.1. The highest BCUT2D eigenvalue weighted by molar-refractivity contribution is 14.1. The average molecular weight is 343 g/mol. The summed E-state index contributed by atoms with van der Waals surface area (Å²) in [6, 6.07) is 5.58. The monoisotopic (exact) mass is 343 g/mol. The number of fused-ring (bicyclic) bond motifs is 1. The molecule has 17 heavy (non-hydrogen) atoms. The van der Waals surface area contributed by atoms with Crippen molar-refractivity contribution in [3.8, 4) is 0 Å². The molecular formula is C13H14INO2. The molecule has 0 bridgehead atoms. The van der Waals surface area contributed by atoms with Crippen LogP contribution >= 0.6 is 22.6 Å². The Kier molecular flexibility index (Phi) is 3.81. The lowest BCUT2D eigenvalue weighted by molar-refractivity contribution is -0.114. The summed E-state index contributed by atoms with van der Waals surface area (Å²) < 4.78 is 0.984. The number of benzene rings is 1. The van der Waals surface area contributed by atoms with Gasteiger partial charge in [0.15, 0.2) is 0 Å². The fourth-order valence-electron chi connectivity index (χ4n) is 2.01. The summed E-state index contributed by atoms with van der Waals surface area (Å²) in [6.45, 7) is 2.76. The van der Waals surface area contributed by atoms with Gasteiger partial charge in [-0.2, -0.15) is 0 Å². The third kappa shape index (κ3) is 2.36. The number of hydrogen-bond donors (Lipinski definition) is 0. The summed E-state index contributed by atoms with van der Waals surface area (Å²) in [7, 11) is 0. The van der Waals surface area contributed by atoms with E-state index in [0.717, 1.165) is 28.5 Å². The predicted molar refractivity (Wildman–Crippen MR) is 75.4 cm³/mol. The van der Waals surface area contributed by atoms with Crippen LogP contribution in [0.4, 0.5) is 5.69 Å². The van der Waals surface area contributed by atoms with Gasteiger partial charge in [0.2, 0.25) is 0 Å². The molecule has 90 valence electrons. The quantitative estimate of drug-likeness (QED) is 0.479. The molecule has 2 rings (SSSR count). The van der Waals surface area contributed by atoms with Crippen molar-refractivity contribution < 1.29 is 9.59 Å². The van der Waals surface area contributed by atoms with E-state index in [9.17, 15) is 9.59 Å². The fraction of sp³-hybridized carbons (Fsp3) is 0.385. The van der Waals surface area contributed by atoms with Crippen molar-refractivity contribution in [3.05, 3.63) is 27.3 Å². The molecule has 0 atom stereocenters. The largest absolute Gasteiger partial charge is 0.305 e. The first kappa shape index (κ1) is 12.5. The average Bonchev–Trinajstić information content (AvgIpc) is 2.54. The standard InChI is InChI=1S/C13H14INO2/c1-2-3-4-7-15-11-6-5-9(14)8-10(11)12(16)13(15)17/h5-6,8H,2-4,7H2,1H3. The summed E-state index contributed by atoms with van der Waals surface area (Å²) in [5, 5.41) is 0. The molecule has 0 spiro atoms. The molecule has 1 aliphatic rings. The molecule has 0 fully saturated rings. The van der Waals surface area contributed by atoms with Gasteiger partial charge in [-0.15, -0.1) is 0 Å². The van der Waals surface area contributed by atoms with Crippen molar-refractivity contribution in [2.45, 2.75) is 26.2 Å². The molecule has 1 aromatic rings. The molecule has 4 heteroatoms. The summed E-state index contributed by atoms with van der Waals surface area (Å²) in [5.74, 6) is -0.742. The molecule has 1 aliphatic heterocycles. The molecule has 1 amide bonds. The van der Waals surface area contributed by atoms with Gasteiger partial charge < -0.3 is 4.90 Å². The van der Waals surface area contributed by atoms with Gasteiger partial charge in [-0.05, 0) is 47.2 Å². The van der Waals surface area contributed by atoms with Crippen LogP contribution in [0.5, 0.6) is 0 Å². The van der Waals surface area contributed by atoms with E-state index in [0.29, 0.717) is 12.1 Å². The number of halogens is 1. The van der Waals surface area contributed by atoms with Gasteiger partial charge in [0.25, 0.3) is 11.7 Å². The lowest BCUT2D eigenvalue weighted by Crippen LogP contribution is -2.30. The van der Waals surface area contributed by atoms with Crippen LogP contribution in [0.3, 0.4) is 0 Å². The minimum absolute atomic E-state index is 0.366. The highest BCUT2D eigenvalue weighted by Crippen LogP contribution is 2.30. The van der Waals surface area contributed by atoms with Crippen LogP contribution in [0, 0.1) is 3.57 Å². The first-order valence-electron chi connectivity index (χ1n) is 5.81. The number of rotatable bonds is 4. The van der Waals surface area contributed by atoms with E-state index in [1.807, 2.05) is 12.1 Å². The Balaban J connectivity index is 2.25. The highest BCUT2D eigenvalue weighted by atomic mass is 127. The van der Waals surface area contributed by atoms with E-state index in [4.69, 9.17) is 0 Å². The Bertz CT molecular complexity index is 470. The van der Waals surface area contributed by atoms with Crippen LogP contribution in [-0.4, -0.2) is 18.2 Å². The van der Waals surface area contributed by atoms with E-state index >= 15 is 0 Å². The van der Waals surface area contributed by atoms with Gasteiger partial charge in [0.05, 0.1) is 11.3 Å². The number of nitrogens with zero attached hydrogens (tertiary/aromatic N) is 1. The van der Waals surface area contributed by atoms with Crippen LogP contribution < -0.4 is 4.90 Å². The zero-order valence-electron chi connectivity index (χ0n) is 9.70. The van der Waals surface area contributed by atoms with E-state index in [2.05, 4.69) is 29.5 Å². The van der Waals surface area contributed by atoms with Crippen molar-refractivity contribution in [1.82, 2.24) is 0 Å².